The van der Waals surface area contributed by atoms with E-state index in [1.807, 2.05) is 36.1 Å². The summed E-state index contributed by atoms with van der Waals surface area (Å²) in [6, 6.07) is 12.9. The number of halogens is 1. The normalized spacial score (nSPS) is 13.2. The predicted molar refractivity (Wildman–Crippen MR) is 73.0 cm³/mol. The van der Waals surface area contributed by atoms with Gasteiger partial charge in [-0.05, 0) is 48.7 Å². The van der Waals surface area contributed by atoms with Gasteiger partial charge in [-0.2, -0.15) is 5.26 Å². The molecule has 1 aliphatic heterocycles. The largest absolute Gasteiger partial charge is 0.340 e. The summed E-state index contributed by atoms with van der Waals surface area (Å²) >= 11 is 0. The Morgan fingerprint density at radius 1 is 1.16 bits per heavy atom. The Bertz CT molecular complexity index is 686. The van der Waals surface area contributed by atoms with Gasteiger partial charge < -0.3 is 4.90 Å². The summed E-state index contributed by atoms with van der Waals surface area (Å²) in [6.45, 7) is 2.75. The van der Waals surface area contributed by atoms with Crippen molar-refractivity contribution in [2.45, 2.75) is 13.3 Å². The monoisotopic (exact) mass is 252 g/mol. The first-order chi connectivity index (χ1) is 9.19. The van der Waals surface area contributed by atoms with Gasteiger partial charge in [0.25, 0.3) is 0 Å². The van der Waals surface area contributed by atoms with Crippen molar-refractivity contribution in [1.82, 2.24) is 0 Å². The molecule has 0 amide bonds. The number of aryl methyl sites for hydroxylation is 1. The number of anilines is 2. The van der Waals surface area contributed by atoms with Gasteiger partial charge in [0, 0.05) is 12.2 Å². The first-order valence-corrected chi connectivity index (χ1v) is 6.26. The molecule has 0 atom stereocenters. The van der Waals surface area contributed by atoms with Crippen molar-refractivity contribution >= 4 is 11.4 Å². The Balaban J connectivity index is 2.12. The Hall–Kier alpha value is -2.34. The summed E-state index contributed by atoms with van der Waals surface area (Å²) in [5, 5.41) is 9.26. The van der Waals surface area contributed by atoms with Gasteiger partial charge in [-0.25, -0.2) is 4.39 Å². The summed E-state index contributed by atoms with van der Waals surface area (Å²) in [5.74, 6) is -0.240. The van der Waals surface area contributed by atoms with Crippen molar-refractivity contribution in [3.8, 4) is 6.07 Å². The second-order valence-corrected chi connectivity index (χ2v) is 4.81. The van der Waals surface area contributed by atoms with Crippen LogP contribution in [0.1, 0.15) is 16.7 Å². The summed E-state index contributed by atoms with van der Waals surface area (Å²) in [4.78, 5) is 2.02. The maximum Gasteiger partial charge on any atom is 0.125 e. The second-order valence-electron chi connectivity index (χ2n) is 4.81. The molecule has 0 unspecified atom stereocenters. The average Bonchev–Trinajstić information content (AvgIpc) is 2.81. The summed E-state index contributed by atoms with van der Waals surface area (Å²) in [7, 11) is 0. The third kappa shape index (κ3) is 1.96. The van der Waals surface area contributed by atoms with Crippen LogP contribution in [0.5, 0.6) is 0 Å². The summed E-state index contributed by atoms with van der Waals surface area (Å²) in [6.07, 6.45) is 0.883. The number of hydrogen-bond donors (Lipinski definition) is 0. The van der Waals surface area contributed by atoms with Crippen LogP contribution in [0, 0.1) is 24.1 Å². The van der Waals surface area contributed by atoms with Gasteiger partial charge in [0.2, 0.25) is 0 Å². The number of benzene rings is 2. The molecule has 2 aromatic rings. The van der Waals surface area contributed by atoms with Crippen molar-refractivity contribution in [1.29, 1.82) is 5.26 Å². The van der Waals surface area contributed by atoms with E-state index in [4.69, 9.17) is 0 Å². The Labute approximate surface area is 111 Å². The molecule has 0 aromatic heterocycles. The van der Waals surface area contributed by atoms with E-state index in [9.17, 15) is 9.65 Å². The van der Waals surface area contributed by atoms with E-state index in [0.717, 1.165) is 35.5 Å². The van der Waals surface area contributed by atoms with Crippen LogP contribution in [0.2, 0.25) is 0 Å². The van der Waals surface area contributed by atoms with Gasteiger partial charge in [-0.15, -0.1) is 0 Å². The molecule has 3 heteroatoms. The number of hydrogen-bond acceptors (Lipinski definition) is 2. The smallest absolute Gasteiger partial charge is 0.125 e. The van der Waals surface area contributed by atoms with Crippen molar-refractivity contribution in [2.75, 3.05) is 11.4 Å². The van der Waals surface area contributed by atoms with E-state index in [-0.39, 0.29) is 5.82 Å². The van der Waals surface area contributed by atoms with Crippen molar-refractivity contribution < 1.29 is 4.39 Å². The van der Waals surface area contributed by atoms with Crippen molar-refractivity contribution in [3.05, 3.63) is 58.9 Å². The van der Waals surface area contributed by atoms with Gasteiger partial charge in [0.1, 0.15) is 11.9 Å². The van der Waals surface area contributed by atoms with Gasteiger partial charge in [-0.1, -0.05) is 12.1 Å². The minimum Gasteiger partial charge on any atom is -0.340 e. The number of nitriles is 1. The van der Waals surface area contributed by atoms with Crippen LogP contribution >= 0.6 is 0 Å². The molecule has 0 N–H and O–H groups in total. The number of fused-ring (bicyclic) bond motifs is 1. The maximum absolute atomic E-state index is 13.4. The molecule has 94 valence electrons. The first-order valence-electron chi connectivity index (χ1n) is 6.26. The third-order valence-corrected chi connectivity index (χ3v) is 3.51. The van der Waals surface area contributed by atoms with Crippen molar-refractivity contribution in [2.24, 2.45) is 0 Å². The fraction of sp³-hybridized carbons (Fsp3) is 0.188. The Kier molecular flexibility index (Phi) is 2.72. The molecule has 0 fully saturated rings. The Morgan fingerprint density at radius 3 is 2.79 bits per heavy atom. The molecule has 0 radical (unpaired) electrons. The fourth-order valence-electron chi connectivity index (χ4n) is 2.58. The third-order valence-electron chi connectivity index (χ3n) is 3.51. The quantitative estimate of drug-likeness (QED) is 0.773. The molecule has 19 heavy (non-hydrogen) atoms. The molecule has 3 rings (SSSR count). The zero-order valence-electron chi connectivity index (χ0n) is 10.7. The Morgan fingerprint density at radius 2 is 2.00 bits per heavy atom. The lowest BCUT2D eigenvalue weighted by atomic mass is 10.1. The molecule has 2 nitrogen and oxygen atoms in total. The molecule has 0 bridgehead atoms. The molecular formula is C16H13FN2. The van der Waals surface area contributed by atoms with E-state index in [2.05, 4.69) is 6.07 Å². The van der Waals surface area contributed by atoms with E-state index in [0.29, 0.717) is 5.56 Å². The number of nitrogens with zero attached hydrogens (tertiary/aromatic N) is 2. The van der Waals surface area contributed by atoms with Gasteiger partial charge in [0.15, 0.2) is 0 Å². The molecule has 2 aromatic carbocycles. The zero-order valence-corrected chi connectivity index (χ0v) is 10.7. The van der Waals surface area contributed by atoms with Gasteiger partial charge in [-0.3, -0.25) is 0 Å². The minimum atomic E-state index is -0.240. The molecule has 1 aliphatic rings. The molecule has 1 heterocycles. The zero-order chi connectivity index (χ0) is 13.4. The summed E-state index contributed by atoms with van der Waals surface area (Å²) < 4.78 is 13.4. The summed E-state index contributed by atoms with van der Waals surface area (Å²) in [5.41, 5.74) is 4.56. The average molecular weight is 252 g/mol. The topological polar surface area (TPSA) is 27.0 Å². The first kappa shape index (κ1) is 11.7. The van der Waals surface area contributed by atoms with E-state index < -0.39 is 0 Å². The van der Waals surface area contributed by atoms with E-state index >= 15 is 0 Å². The van der Waals surface area contributed by atoms with Crippen LogP contribution in [0.3, 0.4) is 0 Å². The highest BCUT2D eigenvalue weighted by Gasteiger charge is 2.22. The lowest BCUT2D eigenvalue weighted by Gasteiger charge is -2.21. The number of rotatable bonds is 1. The highest BCUT2D eigenvalue weighted by atomic mass is 19.1. The fourth-order valence-corrected chi connectivity index (χ4v) is 2.58. The van der Waals surface area contributed by atoms with Crippen LogP contribution in [0.4, 0.5) is 15.8 Å². The molecule has 0 spiro atoms. The molecule has 0 saturated carbocycles. The second kappa shape index (κ2) is 4.40. The lowest BCUT2D eigenvalue weighted by molar-refractivity contribution is 0.628. The molecule has 0 saturated heterocycles. The highest BCUT2D eigenvalue weighted by Crippen LogP contribution is 2.36. The van der Waals surface area contributed by atoms with Gasteiger partial charge in [0.05, 0.1) is 11.3 Å². The van der Waals surface area contributed by atoms with Crippen LogP contribution in [0.25, 0.3) is 0 Å². The highest BCUT2D eigenvalue weighted by molar-refractivity contribution is 5.74. The SMILES string of the molecule is Cc1ccc(N2CCc3ccc(F)cc32)c(C#N)c1. The maximum atomic E-state index is 13.4. The lowest BCUT2D eigenvalue weighted by Crippen LogP contribution is -2.14. The van der Waals surface area contributed by atoms with E-state index in [1.54, 1.807) is 6.07 Å². The van der Waals surface area contributed by atoms with Crippen LogP contribution in [0.15, 0.2) is 36.4 Å². The standard InChI is InChI=1S/C16H13FN2/c1-11-2-5-15(13(8-11)10-18)19-7-6-12-3-4-14(17)9-16(12)19/h2-5,8-9H,6-7H2,1H3. The van der Waals surface area contributed by atoms with Crippen LogP contribution < -0.4 is 4.90 Å². The minimum absolute atomic E-state index is 0.240. The molecule has 0 aliphatic carbocycles. The van der Waals surface area contributed by atoms with E-state index in [1.165, 1.54) is 6.07 Å². The molecular weight excluding hydrogens is 239 g/mol. The van der Waals surface area contributed by atoms with Gasteiger partial charge >= 0.3 is 0 Å². The predicted octanol–water partition coefficient (Wildman–Crippen LogP) is 3.70. The van der Waals surface area contributed by atoms with Crippen LogP contribution in [-0.4, -0.2) is 6.54 Å². The van der Waals surface area contributed by atoms with Crippen molar-refractivity contribution in [3.63, 3.8) is 0 Å². The van der Waals surface area contributed by atoms with Crippen LogP contribution in [-0.2, 0) is 6.42 Å².